The van der Waals surface area contributed by atoms with Crippen molar-refractivity contribution in [2.45, 2.75) is 0 Å². The van der Waals surface area contributed by atoms with Crippen LogP contribution in [0.25, 0.3) is 99.2 Å². The molecule has 0 N–H and O–H groups in total. The standard InChI is InChI=1S/C48H30N2O/c1-2-11-31(12-3-1)32-21-23-33(24-22-32)34-13-10-14-35(29-34)49-41-18-7-4-16-38(41)47-43(49)26-27-44-48(47)39-17-5-8-19-42(39)50(44)36-25-28-46-40(30-36)37-15-6-9-20-45(37)51-46/h1-30H. The van der Waals surface area contributed by atoms with E-state index in [4.69, 9.17) is 4.42 Å². The largest absolute Gasteiger partial charge is 0.456 e. The summed E-state index contributed by atoms with van der Waals surface area (Å²) >= 11 is 0. The lowest BCUT2D eigenvalue weighted by Gasteiger charge is -2.11. The third-order valence-electron chi connectivity index (χ3n) is 10.5. The van der Waals surface area contributed by atoms with Crippen LogP contribution in [0.1, 0.15) is 0 Å². The Morgan fingerprint density at radius 2 is 0.804 bits per heavy atom. The van der Waals surface area contributed by atoms with Crippen molar-refractivity contribution in [1.82, 2.24) is 9.13 Å². The second-order valence-electron chi connectivity index (χ2n) is 13.3. The van der Waals surface area contributed by atoms with Crippen LogP contribution in [0.5, 0.6) is 0 Å². The molecule has 11 rings (SSSR count). The molecule has 0 amide bonds. The predicted octanol–water partition coefficient (Wildman–Crippen LogP) is 13.1. The van der Waals surface area contributed by atoms with Crippen molar-refractivity contribution in [3.8, 4) is 33.6 Å². The predicted molar refractivity (Wildman–Crippen MR) is 213 cm³/mol. The molecule has 238 valence electrons. The van der Waals surface area contributed by atoms with E-state index in [-0.39, 0.29) is 0 Å². The minimum absolute atomic E-state index is 0.903. The summed E-state index contributed by atoms with van der Waals surface area (Å²) in [6, 6.07) is 65.5. The molecule has 3 nitrogen and oxygen atoms in total. The summed E-state index contributed by atoms with van der Waals surface area (Å²) in [4.78, 5) is 0. The van der Waals surface area contributed by atoms with Crippen LogP contribution in [0.3, 0.4) is 0 Å². The van der Waals surface area contributed by atoms with Crippen molar-refractivity contribution < 1.29 is 4.42 Å². The number of nitrogens with zero attached hydrogens (tertiary/aromatic N) is 2. The van der Waals surface area contributed by atoms with E-state index < -0.39 is 0 Å². The topological polar surface area (TPSA) is 23.0 Å². The minimum Gasteiger partial charge on any atom is -0.456 e. The van der Waals surface area contributed by atoms with Gasteiger partial charge >= 0.3 is 0 Å². The van der Waals surface area contributed by atoms with Crippen molar-refractivity contribution >= 4 is 65.6 Å². The van der Waals surface area contributed by atoms with Crippen molar-refractivity contribution in [1.29, 1.82) is 0 Å². The third-order valence-corrected chi connectivity index (χ3v) is 10.5. The smallest absolute Gasteiger partial charge is 0.135 e. The Hall–Kier alpha value is -6.84. The summed E-state index contributed by atoms with van der Waals surface area (Å²) in [5, 5.41) is 7.28. The van der Waals surface area contributed by atoms with Gasteiger partial charge in [0.1, 0.15) is 11.2 Å². The van der Waals surface area contributed by atoms with Gasteiger partial charge in [-0.05, 0) is 82.9 Å². The van der Waals surface area contributed by atoms with Crippen LogP contribution in [0.2, 0.25) is 0 Å². The second kappa shape index (κ2) is 10.8. The van der Waals surface area contributed by atoms with Crippen molar-refractivity contribution in [2.24, 2.45) is 0 Å². The second-order valence-corrected chi connectivity index (χ2v) is 13.3. The fraction of sp³-hybridized carbons (Fsp3) is 0. The van der Waals surface area contributed by atoms with Gasteiger partial charge in [0, 0.05) is 43.7 Å². The first-order valence-electron chi connectivity index (χ1n) is 17.4. The number of hydrogen-bond donors (Lipinski definition) is 0. The van der Waals surface area contributed by atoms with E-state index in [0.29, 0.717) is 0 Å². The first kappa shape index (κ1) is 28.0. The molecule has 0 aliphatic heterocycles. The number of furan rings is 1. The summed E-state index contributed by atoms with van der Waals surface area (Å²) in [6.07, 6.45) is 0. The lowest BCUT2D eigenvalue weighted by atomic mass is 10.00. The van der Waals surface area contributed by atoms with Gasteiger partial charge < -0.3 is 13.6 Å². The number of rotatable bonds is 4. The summed E-state index contributed by atoms with van der Waals surface area (Å²) in [5.41, 5.74) is 13.7. The highest BCUT2D eigenvalue weighted by molar-refractivity contribution is 6.29. The van der Waals surface area contributed by atoms with Gasteiger partial charge in [0.15, 0.2) is 0 Å². The molecule has 3 aromatic heterocycles. The normalized spacial score (nSPS) is 11.9. The van der Waals surface area contributed by atoms with E-state index in [1.807, 2.05) is 12.1 Å². The van der Waals surface area contributed by atoms with E-state index in [1.165, 1.54) is 65.9 Å². The number of fused-ring (bicyclic) bond motifs is 10. The lowest BCUT2D eigenvalue weighted by Crippen LogP contribution is -1.95. The quantitative estimate of drug-likeness (QED) is 0.186. The Bertz CT molecular complexity index is 3120. The number of aromatic nitrogens is 2. The lowest BCUT2D eigenvalue weighted by molar-refractivity contribution is 0.669. The SMILES string of the molecule is c1ccc(-c2ccc(-c3cccc(-n4c5ccccc5c5c6c7ccccc7n(-c7ccc8oc9ccccc9c8c7)c6ccc54)c3)cc2)cc1. The average Bonchev–Trinajstić information content (AvgIpc) is 3.85. The van der Waals surface area contributed by atoms with Crippen LogP contribution in [0.4, 0.5) is 0 Å². The molecule has 0 unspecified atom stereocenters. The van der Waals surface area contributed by atoms with Gasteiger partial charge in [0.05, 0.1) is 22.1 Å². The van der Waals surface area contributed by atoms with Gasteiger partial charge in [-0.15, -0.1) is 0 Å². The van der Waals surface area contributed by atoms with Gasteiger partial charge in [0.25, 0.3) is 0 Å². The Balaban J connectivity index is 1.13. The van der Waals surface area contributed by atoms with E-state index in [1.54, 1.807) is 0 Å². The van der Waals surface area contributed by atoms with Crippen LogP contribution >= 0.6 is 0 Å². The van der Waals surface area contributed by atoms with Crippen LogP contribution in [0.15, 0.2) is 186 Å². The summed E-state index contributed by atoms with van der Waals surface area (Å²) < 4.78 is 11.0. The Morgan fingerprint density at radius 3 is 1.49 bits per heavy atom. The van der Waals surface area contributed by atoms with Gasteiger partial charge in [0.2, 0.25) is 0 Å². The Kier molecular flexibility index (Phi) is 5.96. The molecule has 0 radical (unpaired) electrons. The van der Waals surface area contributed by atoms with Gasteiger partial charge in [-0.25, -0.2) is 0 Å². The molecule has 0 aliphatic rings. The van der Waals surface area contributed by atoms with Crippen LogP contribution in [-0.2, 0) is 0 Å². The van der Waals surface area contributed by atoms with Crippen molar-refractivity contribution in [2.75, 3.05) is 0 Å². The first-order chi connectivity index (χ1) is 25.3. The van der Waals surface area contributed by atoms with Crippen molar-refractivity contribution in [3.05, 3.63) is 182 Å². The van der Waals surface area contributed by atoms with Crippen LogP contribution < -0.4 is 0 Å². The molecule has 0 saturated heterocycles. The number of benzene rings is 8. The molecule has 51 heavy (non-hydrogen) atoms. The monoisotopic (exact) mass is 650 g/mol. The highest BCUT2D eigenvalue weighted by Gasteiger charge is 2.21. The van der Waals surface area contributed by atoms with E-state index in [0.717, 1.165) is 33.3 Å². The summed E-state index contributed by atoms with van der Waals surface area (Å²) in [5.74, 6) is 0. The van der Waals surface area contributed by atoms with E-state index in [2.05, 4.69) is 179 Å². The van der Waals surface area contributed by atoms with Gasteiger partial charge in [-0.1, -0.05) is 121 Å². The maximum absolute atomic E-state index is 6.20. The Labute approximate surface area is 293 Å². The maximum atomic E-state index is 6.20. The van der Waals surface area contributed by atoms with Crippen LogP contribution in [-0.4, -0.2) is 9.13 Å². The molecule has 0 atom stereocenters. The van der Waals surface area contributed by atoms with Gasteiger partial charge in [-0.2, -0.15) is 0 Å². The van der Waals surface area contributed by atoms with Crippen LogP contribution in [0, 0.1) is 0 Å². The molecule has 0 fully saturated rings. The molecule has 11 aromatic rings. The zero-order chi connectivity index (χ0) is 33.5. The van der Waals surface area contributed by atoms with Gasteiger partial charge in [-0.3, -0.25) is 0 Å². The zero-order valence-electron chi connectivity index (χ0n) is 27.6. The highest BCUT2D eigenvalue weighted by atomic mass is 16.3. The maximum Gasteiger partial charge on any atom is 0.135 e. The summed E-state index contributed by atoms with van der Waals surface area (Å²) in [7, 11) is 0. The Morgan fingerprint density at radius 1 is 0.294 bits per heavy atom. The molecule has 0 saturated carbocycles. The molecule has 8 aromatic carbocycles. The molecule has 0 aliphatic carbocycles. The first-order valence-corrected chi connectivity index (χ1v) is 17.4. The third kappa shape index (κ3) is 4.19. The fourth-order valence-electron chi connectivity index (χ4n) is 8.24. The zero-order valence-corrected chi connectivity index (χ0v) is 27.6. The minimum atomic E-state index is 0.903. The molecule has 0 bridgehead atoms. The molecule has 3 heteroatoms. The van der Waals surface area contributed by atoms with Crippen molar-refractivity contribution in [3.63, 3.8) is 0 Å². The molecular formula is C48H30N2O. The van der Waals surface area contributed by atoms with E-state index in [9.17, 15) is 0 Å². The molecular weight excluding hydrogens is 621 g/mol. The average molecular weight is 651 g/mol. The number of para-hydroxylation sites is 3. The number of hydrogen-bond acceptors (Lipinski definition) is 1. The van der Waals surface area contributed by atoms with E-state index >= 15 is 0 Å². The summed E-state index contributed by atoms with van der Waals surface area (Å²) in [6.45, 7) is 0. The highest BCUT2D eigenvalue weighted by Crippen LogP contribution is 2.43. The molecule has 0 spiro atoms. The molecule has 3 heterocycles. The fourth-order valence-corrected chi connectivity index (χ4v) is 8.24.